The summed E-state index contributed by atoms with van der Waals surface area (Å²) in [7, 11) is 0. The molecule has 0 saturated carbocycles. The van der Waals surface area contributed by atoms with Crippen LogP contribution in [0.3, 0.4) is 0 Å². The van der Waals surface area contributed by atoms with Gasteiger partial charge in [0.15, 0.2) is 11.5 Å². The number of amides is 1. The standard InChI is InChI=1S/C31H32F2N6O2S/c1-7-24(40)37-13-14-38(19(5)16-37)29-20-15-22(33)27(25-21(32)9-8-10-23(25)42-6)35-30(20)39(31(41)36-29)28-18(4)11-12-34-26(28)17(2)3/h7-12,15,17,19H,1,13-14,16H2,2-6H3/t19-/m0/s1. The van der Waals surface area contributed by atoms with Crippen molar-refractivity contribution in [2.75, 3.05) is 30.8 Å². The molecule has 1 amide bonds. The van der Waals surface area contributed by atoms with Crippen LogP contribution in [0.2, 0.25) is 0 Å². The van der Waals surface area contributed by atoms with E-state index in [1.165, 1.54) is 34.5 Å². The van der Waals surface area contributed by atoms with Gasteiger partial charge < -0.3 is 9.80 Å². The highest BCUT2D eigenvalue weighted by molar-refractivity contribution is 7.98. The number of rotatable bonds is 6. The Morgan fingerprint density at radius 1 is 1.17 bits per heavy atom. The summed E-state index contributed by atoms with van der Waals surface area (Å²) in [6.45, 7) is 12.4. The van der Waals surface area contributed by atoms with E-state index in [-0.39, 0.29) is 40.6 Å². The number of benzene rings is 1. The van der Waals surface area contributed by atoms with Crippen LogP contribution in [-0.2, 0) is 4.79 Å². The van der Waals surface area contributed by atoms with E-state index in [2.05, 4.69) is 16.5 Å². The number of carbonyl (C=O) groups is 1. The lowest BCUT2D eigenvalue weighted by molar-refractivity contribution is -0.126. The van der Waals surface area contributed by atoms with Gasteiger partial charge in [-0.05, 0) is 61.9 Å². The van der Waals surface area contributed by atoms with Crippen LogP contribution in [0.5, 0.6) is 0 Å². The molecular weight excluding hydrogens is 558 g/mol. The van der Waals surface area contributed by atoms with Gasteiger partial charge in [0, 0.05) is 36.8 Å². The van der Waals surface area contributed by atoms with Crippen LogP contribution in [0.1, 0.15) is 37.9 Å². The van der Waals surface area contributed by atoms with Gasteiger partial charge >= 0.3 is 5.69 Å². The Labute approximate surface area is 247 Å². The molecule has 0 aliphatic carbocycles. The number of halogens is 2. The monoisotopic (exact) mass is 590 g/mol. The van der Waals surface area contributed by atoms with Crippen molar-refractivity contribution >= 4 is 34.5 Å². The van der Waals surface area contributed by atoms with Gasteiger partial charge in [0.1, 0.15) is 17.3 Å². The molecule has 0 spiro atoms. The molecule has 1 aromatic carbocycles. The van der Waals surface area contributed by atoms with Gasteiger partial charge in [-0.2, -0.15) is 4.98 Å². The molecule has 1 fully saturated rings. The summed E-state index contributed by atoms with van der Waals surface area (Å²) in [6.07, 6.45) is 4.73. The van der Waals surface area contributed by atoms with E-state index >= 15 is 8.78 Å². The van der Waals surface area contributed by atoms with Gasteiger partial charge in [0.2, 0.25) is 5.91 Å². The molecule has 11 heteroatoms. The second-order valence-electron chi connectivity index (χ2n) is 10.6. The van der Waals surface area contributed by atoms with Crippen molar-refractivity contribution in [2.24, 2.45) is 0 Å². The third kappa shape index (κ3) is 5.06. The minimum atomic E-state index is -0.740. The number of pyridine rings is 2. The Bertz CT molecular complexity index is 1770. The van der Waals surface area contributed by atoms with Crippen molar-refractivity contribution in [2.45, 2.75) is 44.6 Å². The number of aryl methyl sites for hydroxylation is 1. The third-order valence-corrected chi connectivity index (χ3v) is 8.32. The molecule has 1 atom stereocenters. The number of fused-ring (bicyclic) bond motifs is 1. The van der Waals surface area contributed by atoms with Crippen molar-refractivity contribution in [3.8, 4) is 16.9 Å². The van der Waals surface area contributed by atoms with E-state index < -0.39 is 17.3 Å². The fourth-order valence-electron chi connectivity index (χ4n) is 5.49. The normalized spacial score (nSPS) is 15.5. The number of piperazine rings is 1. The zero-order valence-electron chi connectivity index (χ0n) is 24.2. The van der Waals surface area contributed by atoms with Crippen LogP contribution in [0.4, 0.5) is 14.6 Å². The van der Waals surface area contributed by atoms with E-state index in [0.29, 0.717) is 41.3 Å². The molecular formula is C31H32F2N6O2S. The minimum absolute atomic E-state index is 0.0265. The van der Waals surface area contributed by atoms with Crippen molar-refractivity contribution in [3.63, 3.8) is 0 Å². The molecule has 0 N–H and O–H groups in total. The average Bonchev–Trinajstić information content (AvgIpc) is 2.96. The maximum Gasteiger partial charge on any atom is 0.355 e. The fourth-order valence-corrected chi connectivity index (χ4v) is 6.11. The number of hydrogen-bond acceptors (Lipinski definition) is 7. The Morgan fingerprint density at radius 2 is 1.93 bits per heavy atom. The lowest BCUT2D eigenvalue weighted by Gasteiger charge is -2.40. The quantitative estimate of drug-likeness (QED) is 0.217. The zero-order valence-corrected chi connectivity index (χ0v) is 25.0. The molecule has 0 unspecified atom stereocenters. The summed E-state index contributed by atoms with van der Waals surface area (Å²) in [5.41, 5.74) is 1.29. The smallest absolute Gasteiger partial charge is 0.350 e. The largest absolute Gasteiger partial charge is 0.355 e. The van der Waals surface area contributed by atoms with E-state index in [0.717, 1.165) is 5.56 Å². The lowest BCUT2D eigenvalue weighted by Crippen LogP contribution is -2.54. The number of carbonyl (C=O) groups excluding carboxylic acids is 1. The molecule has 8 nitrogen and oxygen atoms in total. The third-order valence-electron chi connectivity index (χ3n) is 7.54. The van der Waals surface area contributed by atoms with Gasteiger partial charge in [0.25, 0.3) is 0 Å². The molecule has 0 radical (unpaired) electrons. The molecule has 1 aliphatic heterocycles. The predicted molar refractivity (Wildman–Crippen MR) is 162 cm³/mol. The molecule has 1 aliphatic rings. The van der Waals surface area contributed by atoms with Crippen LogP contribution >= 0.6 is 11.8 Å². The number of thioether (sulfide) groups is 1. The highest BCUT2D eigenvalue weighted by Gasteiger charge is 2.31. The average molecular weight is 591 g/mol. The van der Waals surface area contributed by atoms with Gasteiger partial charge in [-0.15, -0.1) is 11.8 Å². The topological polar surface area (TPSA) is 84.2 Å². The summed E-state index contributed by atoms with van der Waals surface area (Å²) in [5.74, 6) is -1.33. The summed E-state index contributed by atoms with van der Waals surface area (Å²) >= 11 is 1.28. The SMILES string of the molecule is C=CC(=O)N1CCN(c2nc(=O)n(-c3c(C)ccnc3C(C)C)c3nc(-c4c(F)cccc4SC)c(F)cc23)[C@@H](C)C1. The Hall–Kier alpha value is -4.12. The minimum Gasteiger partial charge on any atom is -0.350 e. The number of nitrogens with zero attached hydrogens (tertiary/aromatic N) is 6. The molecule has 4 heterocycles. The van der Waals surface area contributed by atoms with Gasteiger partial charge in [-0.25, -0.2) is 23.1 Å². The van der Waals surface area contributed by atoms with Crippen molar-refractivity contribution in [1.82, 2.24) is 24.4 Å². The van der Waals surface area contributed by atoms with Crippen LogP contribution in [-0.4, -0.2) is 62.3 Å². The first-order valence-corrected chi connectivity index (χ1v) is 14.9. The highest BCUT2D eigenvalue weighted by Crippen LogP contribution is 2.37. The van der Waals surface area contributed by atoms with E-state index in [1.54, 1.807) is 35.6 Å². The molecule has 0 bridgehead atoms. The molecule has 5 rings (SSSR count). The van der Waals surface area contributed by atoms with Crippen LogP contribution in [0.25, 0.3) is 28.0 Å². The molecule has 3 aromatic heterocycles. The molecule has 218 valence electrons. The second kappa shape index (κ2) is 11.6. The summed E-state index contributed by atoms with van der Waals surface area (Å²) in [5, 5.41) is 0.297. The first-order chi connectivity index (χ1) is 20.1. The highest BCUT2D eigenvalue weighted by atomic mass is 32.2. The van der Waals surface area contributed by atoms with Crippen LogP contribution in [0.15, 0.2) is 58.9 Å². The van der Waals surface area contributed by atoms with E-state index in [4.69, 9.17) is 4.98 Å². The maximum absolute atomic E-state index is 16.0. The van der Waals surface area contributed by atoms with Crippen molar-refractivity contribution in [1.29, 1.82) is 0 Å². The van der Waals surface area contributed by atoms with Gasteiger partial charge in [-0.3, -0.25) is 9.78 Å². The summed E-state index contributed by atoms with van der Waals surface area (Å²) < 4.78 is 32.6. The van der Waals surface area contributed by atoms with Crippen LogP contribution < -0.4 is 10.6 Å². The Kier molecular flexibility index (Phi) is 8.14. The molecule has 42 heavy (non-hydrogen) atoms. The number of anilines is 1. The van der Waals surface area contributed by atoms with Crippen molar-refractivity contribution < 1.29 is 13.6 Å². The maximum atomic E-state index is 16.0. The molecule has 1 saturated heterocycles. The first-order valence-electron chi connectivity index (χ1n) is 13.7. The Morgan fingerprint density at radius 3 is 2.60 bits per heavy atom. The van der Waals surface area contributed by atoms with E-state index in [9.17, 15) is 9.59 Å². The van der Waals surface area contributed by atoms with Crippen LogP contribution in [0, 0.1) is 18.6 Å². The fraction of sp³-hybridized carbons (Fsp3) is 0.323. The lowest BCUT2D eigenvalue weighted by atomic mass is 10.0. The molecule has 4 aromatic rings. The number of hydrogen-bond donors (Lipinski definition) is 0. The van der Waals surface area contributed by atoms with E-state index in [1.807, 2.05) is 32.6 Å². The second-order valence-corrected chi connectivity index (χ2v) is 11.5. The van der Waals surface area contributed by atoms with Crippen molar-refractivity contribution in [3.05, 3.63) is 82.6 Å². The summed E-state index contributed by atoms with van der Waals surface area (Å²) in [4.78, 5) is 44.0. The summed E-state index contributed by atoms with van der Waals surface area (Å²) in [6, 6.07) is 7.36. The van der Waals surface area contributed by atoms with Gasteiger partial charge in [0.05, 0.1) is 22.3 Å². The first kappa shape index (κ1) is 29.4. The number of aromatic nitrogens is 4. The van der Waals surface area contributed by atoms with Gasteiger partial charge in [-0.1, -0.05) is 26.5 Å². The Balaban J connectivity index is 1.84. The zero-order chi connectivity index (χ0) is 30.3. The predicted octanol–water partition coefficient (Wildman–Crippen LogP) is 5.50.